The minimum atomic E-state index is 0.0438. The molecule has 4 aromatic carbocycles. The first-order valence-electron chi connectivity index (χ1n) is 11.3. The molecule has 0 aliphatic rings. The summed E-state index contributed by atoms with van der Waals surface area (Å²) >= 11 is 1.82. The van der Waals surface area contributed by atoms with Crippen molar-refractivity contribution >= 4 is 22.8 Å². The Kier molecular flexibility index (Phi) is 6.82. The number of rotatable bonds is 9. The standard InChI is InChI=1S/C29H26N2O2S/c1-32-26-18-10-11-19-27(26)33-21-20-31-25-17-9-8-16-24(25)30-29(31)28(22-12-4-2-5-13-22)34-23-14-6-3-7-15-23/h2-19,28H,20-21H2,1H3. The van der Waals surface area contributed by atoms with Crippen LogP contribution in [0.3, 0.4) is 0 Å². The van der Waals surface area contributed by atoms with E-state index >= 15 is 0 Å². The molecule has 0 saturated heterocycles. The van der Waals surface area contributed by atoms with Gasteiger partial charge in [0.05, 0.1) is 29.9 Å². The number of hydrogen-bond donors (Lipinski definition) is 0. The fraction of sp³-hybridized carbons (Fsp3) is 0.138. The average Bonchev–Trinajstić information content (AvgIpc) is 3.27. The molecule has 0 aliphatic heterocycles. The monoisotopic (exact) mass is 466 g/mol. The Bertz CT molecular complexity index is 1350. The largest absolute Gasteiger partial charge is 0.493 e. The topological polar surface area (TPSA) is 36.3 Å². The van der Waals surface area contributed by atoms with E-state index in [1.807, 2.05) is 48.2 Å². The Balaban J connectivity index is 1.51. The zero-order valence-electron chi connectivity index (χ0n) is 19.0. The van der Waals surface area contributed by atoms with Crippen LogP contribution in [-0.4, -0.2) is 23.3 Å². The van der Waals surface area contributed by atoms with Gasteiger partial charge in [0.25, 0.3) is 0 Å². The van der Waals surface area contributed by atoms with Crippen molar-refractivity contribution in [1.82, 2.24) is 9.55 Å². The predicted molar refractivity (Wildman–Crippen MR) is 139 cm³/mol. The number of aromatic nitrogens is 2. The Hall–Kier alpha value is -3.70. The smallest absolute Gasteiger partial charge is 0.161 e. The molecule has 0 amide bonds. The molecule has 5 aromatic rings. The number of thioether (sulfide) groups is 1. The van der Waals surface area contributed by atoms with Crippen LogP contribution in [0, 0.1) is 0 Å². The van der Waals surface area contributed by atoms with Crippen molar-refractivity contribution in [3.05, 3.63) is 121 Å². The van der Waals surface area contributed by atoms with Crippen LogP contribution >= 0.6 is 11.8 Å². The number of fused-ring (bicyclic) bond motifs is 1. The molecule has 1 heterocycles. The number of nitrogens with zero attached hydrogens (tertiary/aromatic N) is 2. The average molecular weight is 467 g/mol. The first-order chi connectivity index (χ1) is 16.8. The Morgan fingerprint density at radius 3 is 2.18 bits per heavy atom. The number of ether oxygens (including phenoxy) is 2. The van der Waals surface area contributed by atoms with Crippen LogP contribution in [0.15, 0.2) is 114 Å². The van der Waals surface area contributed by atoms with Crippen LogP contribution in [-0.2, 0) is 6.54 Å². The number of benzene rings is 4. The molecule has 0 bridgehead atoms. The molecule has 1 aromatic heterocycles. The summed E-state index contributed by atoms with van der Waals surface area (Å²) in [4.78, 5) is 6.32. The van der Waals surface area contributed by atoms with Crippen molar-refractivity contribution in [3.63, 3.8) is 0 Å². The van der Waals surface area contributed by atoms with E-state index in [1.54, 1.807) is 7.11 Å². The lowest BCUT2D eigenvalue weighted by Gasteiger charge is -2.19. The fourth-order valence-electron chi connectivity index (χ4n) is 4.05. The van der Waals surface area contributed by atoms with Crippen LogP contribution < -0.4 is 9.47 Å². The third kappa shape index (κ3) is 4.80. The predicted octanol–water partition coefficient (Wildman–Crippen LogP) is 7.01. The van der Waals surface area contributed by atoms with Crippen molar-refractivity contribution in [3.8, 4) is 11.5 Å². The zero-order valence-corrected chi connectivity index (χ0v) is 19.8. The second-order valence-electron chi connectivity index (χ2n) is 7.83. The Labute approximate surface area is 204 Å². The molecular weight excluding hydrogens is 440 g/mol. The molecule has 5 heteroatoms. The summed E-state index contributed by atoms with van der Waals surface area (Å²) < 4.78 is 13.9. The van der Waals surface area contributed by atoms with Crippen LogP contribution in [0.1, 0.15) is 16.6 Å². The molecule has 1 atom stereocenters. The van der Waals surface area contributed by atoms with E-state index in [9.17, 15) is 0 Å². The molecular formula is C29H26N2O2S. The highest BCUT2D eigenvalue weighted by atomic mass is 32.2. The van der Waals surface area contributed by atoms with Crippen LogP contribution in [0.2, 0.25) is 0 Å². The molecule has 4 nitrogen and oxygen atoms in total. The van der Waals surface area contributed by atoms with Gasteiger partial charge in [0.1, 0.15) is 12.4 Å². The first-order valence-corrected chi connectivity index (χ1v) is 12.2. The lowest BCUT2D eigenvalue weighted by Crippen LogP contribution is -2.14. The minimum Gasteiger partial charge on any atom is -0.493 e. The molecule has 5 rings (SSSR count). The van der Waals surface area contributed by atoms with E-state index in [0.29, 0.717) is 13.2 Å². The third-order valence-corrected chi connectivity index (χ3v) is 6.92. The van der Waals surface area contributed by atoms with Gasteiger partial charge in [0, 0.05) is 4.90 Å². The van der Waals surface area contributed by atoms with Gasteiger partial charge in [-0.25, -0.2) is 4.98 Å². The fourth-order valence-corrected chi connectivity index (χ4v) is 5.21. The van der Waals surface area contributed by atoms with Crippen molar-refractivity contribution in [2.45, 2.75) is 16.7 Å². The second-order valence-corrected chi connectivity index (χ2v) is 9.01. The number of methoxy groups -OCH3 is 1. The Morgan fingerprint density at radius 1 is 0.765 bits per heavy atom. The van der Waals surface area contributed by atoms with Gasteiger partial charge in [-0.15, -0.1) is 11.8 Å². The van der Waals surface area contributed by atoms with Gasteiger partial charge in [-0.2, -0.15) is 0 Å². The van der Waals surface area contributed by atoms with Crippen molar-refractivity contribution < 1.29 is 9.47 Å². The maximum Gasteiger partial charge on any atom is 0.161 e. The van der Waals surface area contributed by atoms with Gasteiger partial charge >= 0.3 is 0 Å². The van der Waals surface area contributed by atoms with E-state index in [2.05, 4.69) is 77.4 Å². The van der Waals surface area contributed by atoms with Crippen molar-refractivity contribution in [2.75, 3.05) is 13.7 Å². The quantitative estimate of drug-likeness (QED) is 0.219. The van der Waals surface area contributed by atoms with Gasteiger partial charge in [0.15, 0.2) is 11.5 Å². The summed E-state index contributed by atoms with van der Waals surface area (Å²) in [5, 5.41) is 0.0438. The molecule has 0 aliphatic carbocycles. The van der Waals surface area contributed by atoms with Crippen molar-refractivity contribution in [2.24, 2.45) is 0 Å². The van der Waals surface area contributed by atoms with Gasteiger partial charge in [-0.1, -0.05) is 72.8 Å². The molecule has 0 fully saturated rings. The summed E-state index contributed by atoms with van der Waals surface area (Å²) in [5.74, 6) is 2.50. The van der Waals surface area contributed by atoms with E-state index in [-0.39, 0.29) is 5.25 Å². The highest BCUT2D eigenvalue weighted by Gasteiger charge is 2.23. The van der Waals surface area contributed by atoms with Gasteiger partial charge in [-0.05, 0) is 42.0 Å². The molecule has 170 valence electrons. The van der Waals surface area contributed by atoms with E-state index < -0.39 is 0 Å². The molecule has 34 heavy (non-hydrogen) atoms. The van der Waals surface area contributed by atoms with E-state index in [0.717, 1.165) is 28.4 Å². The first kappa shape index (κ1) is 22.1. The van der Waals surface area contributed by atoms with Gasteiger partial charge in [0.2, 0.25) is 0 Å². The SMILES string of the molecule is COc1ccccc1OCCn1c(C(Sc2ccccc2)c2ccccc2)nc2ccccc21. The molecule has 0 saturated carbocycles. The minimum absolute atomic E-state index is 0.0438. The van der Waals surface area contributed by atoms with Crippen molar-refractivity contribution in [1.29, 1.82) is 0 Å². The molecule has 0 radical (unpaired) electrons. The third-order valence-electron chi connectivity index (χ3n) is 5.66. The number of para-hydroxylation sites is 4. The summed E-state index contributed by atoms with van der Waals surface area (Å²) in [5.41, 5.74) is 3.32. The van der Waals surface area contributed by atoms with Gasteiger partial charge < -0.3 is 14.0 Å². The van der Waals surface area contributed by atoms with Crippen LogP contribution in [0.5, 0.6) is 11.5 Å². The van der Waals surface area contributed by atoms with Gasteiger partial charge in [-0.3, -0.25) is 0 Å². The second kappa shape index (κ2) is 10.5. The zero-order chi connectivity index (χ0) is 23.2. The Morgan fingerprint density at radius 2 is 1.41 bits per heavy atom. The summed E-state index contributed by atoms with van der Waals surface area (Å²) in [6.07, 6.45) is 0. The highest BCUT2D eigenvalue weighted by molar-refractivity contribution is 7.99. The number of imidazole rings is 1. The van der Waals surface area contributed by atoms with E-state index in [1.165, 1.54) is 10.5 Å². The van der Waals surface area contributed by atoms with Crippen LogP contribution in [0.25, 0.3) is 11.0 Å². The maximum atomic E-state index is 6.13. The summed E-state index contributed by atoms with van der Waals surface area (Å²) in [6.45, 7) is 1.18. The lowest BCUT2D eigenvalue weighted by atomic mass is 10.1. The maximum absolute atomic E-state index is 6.13. The number of hydrogen-bond acceptors (Lipinski definition) is 4. The van der Waals surface area contributed by atoms with Crippen LogP contribution in [0.4, 0.5) is 0 Å². The summed E-state index contributed by atoms with van der Waals surface area (Å²) in [7, 11) is 1.66. The molecule has 0 N–H and O–H groups in total. The highest BCUT2D eigenvalue weighted by Crippen LogP contribution is 2.41. The molecule has 0 spiro atoms. The van der Waals surface area contributed by atoms with E-state index in [4.69, 9.17) is 14.5 Å². The summed E-state index contributed by atoms with van der Waals surface area (Å²) in [6, 6.07) is 37.1. The lowest BCUT2D eigenvalue weighted by molar-refractivity contribution is 0.280. The normalized spacial score (nSPS) is 11.9. The molecule has 1 unspecified atom stereocenters.